The van der Waals surface area contributed by atoms with Crippen LogP contribution in [0.25, 0.3) is 69.6 Å². The molecule has 0 spiro atoms. The summed E-state index contributed by atoms with van der Waals surface area (Å²) in [6.45, 7) is 25.1. The molecular formula is C60H59NS. The number of hydrogen-bond donors (Lipinski definition) is 0. The van der Waals surface area contributed by atoms with Gasteiger partial charge in [0.15, 0.2) is 0 Å². The summed E-state index contributed by atoms with van der Waals surface area (Å²) in [5, 5.41) is 8.12. The maximum atomic E-state index is 2.54. The van der Waals surface area contributed by atoms with E-state index in [1.165, 1.54) is 109 Å². The van der Waals surface area contributed by atoms with E-state index < -0.39 is 0 Å². The largest absolute Gasteiger partial charge is 0.309 e. The van der Waals surface area contributed by atoms with Crippen LogP contribution in [0.15, 0.2) is 158 Å². The highest BCUT2D eigenvalue weighted by atomic mass is 32.1. The smallest absolute Gasteiger partial charge is 0.0544 e. The third-order valence-corrected chi connectivity index (χ3v) is 14.2. The van der Waals surface area contributed by atoms with Crippen LogP contribution in [0.1, 0.15) is 94.3 Å². The molecule has 0 aliphatic heterocycles. The maximum Gasteiger partial charge on any atom is 0.0544 e. The second-order valence-electron chi connectivity index (χ2n) is 20.0. The monoisotopic (exact) mass is 825 g/mol. The fourth-order valence-electron chi connectivity index (χ4n) is 9.56. The van der Waals surface area contributed by atoms with Gasteiger partial charge >= 0.3 is 0 Å². The van der Waals surface area contributed by atoms with Gasteiger partial charge in [0.05, 0.1) is 16.7 Å². The van der Waals surface area contributed by atoms with Crippen molar-refractivity contribution in [2.24, 2.45) is 0 Å². The van der Waals surface area contributed by atoms with Crippen molar-refractivity contribution in [2.45, 2.75) is 92.4 Å². The van der Waals surface area contributed by atoms with Crippen molar-refractivity contribution in [3.8, 4) is 16.8 Å². The Morgan fingerprint density at radius 1 is 0.452 bits per heavy atom. The number of thiophene rings is 1. The molecule has 0 amide bonds. The Balaban J connectivity index is 0.000000189. The zero-order chi connectivity index (χ0) is 43.7. The lowest BCUT2D eigenvalue weighted by Gasteiger charge is -2.24. The average Bonchev–Trinajstić information content (AvgIpc) is 3.86. The van der Waals surface area contributed by atoms with Crippen molar-refractivity contribution in [1.82, 2.24) is 4.57 Å². The zero-order valence-electron chi connectivity index (χ0n) is 38.4. The first-order chi connectivity index (χ1) is 29.5. The highest BCUT2D eigenvalue weighted by Gasteiger charge is 2.37. The molecule has 10 aromatic rings. The van der Waals surface area contributed by atoms with E-state index in [4.69, 9.17) is 0 Å². The minimum absolute atomic E-state index is 0.0764. The Labute approximate surface area is 372 Å². The topological polar surface area (TPSA) is 4.93 Å². The fraction of sp³-hybridized carbons (Fsp3) is 0.233. The molecule has 0 saturated heterocycles. The van der Waals surface area contributed by atoms with E-state index in [0.29, 0.717) is 0 Å². The van der Waals surface area contributed by atoms with Crippen LogP contribution in [0, 0.1) is 20.8 Å². The number of nitrogens with zero attached hydrogens (tertiary/aromatic N) is 1. The van der Waals surface area contributed by atoms with Gasteiger partial charge in [-0.25, -0.2) is 0 Å². The van der Waals surface area contributed by atoms with Crippen LogP contribution in [0.2, 0.25) is 0 Å². The second-order valence-corrected chi connectivity index (χ2v) is 21.1. The van der Waals surface area contributed by atoms with Crippen molar-refractivity contribution in [1.29, 1.82) is 0 Å². The van der Waals surface area contributed by atoms with E-state index in [2.05, 4.69) is 220 Å². The van der Waals surface area contributed by atoms with Gasteiger partial charge in [-0.2, -0.15) is 0 Å². The molecule has 11 rings (SSSR count). The summed E-state index contributed by atoms with van der Waals surface area (Å²) in [6.07, 6.45) is 0. The lowest BCUT2D eigenvalue weighted by molar-refractivity contribution is 0.590. The molecule has 1 nitrogen and oxygen atoms in total. The van der Waals surface area contributed by atoms with Crippen LogP contribution in [0.3, 0.4) is 0 Å². The number of hydrogen-bond acceptors (Lipinski definition) is 1. The molecule has 0 unspecified atom stereocenters. The first-order valence-electron chi connectivity index (χ1n) is 22.2. The summed E-state index contributed by atoms with van der Waals surface area (Å²) in [5.74, 6) is 0. The van der Waals surface area contributed by atoms with E-state index in [1.807, 2.05) is 29.5 Å². The summed E-state index contributed by atoms with van der Waals surface area (Å²) in [4.78, 5) is 0. The molecular weight excluding hydrogens is 767 g/mol. The minimum Gasteiger partial charge on any atom is -0.309 e. The predicted octanol–water partition coefficient (Wildman–Crippen LogP) is 17.5. The van der Waals surface area contributed by atoms with Crippen molar-refractivity contribution in [2.75, 3.05) is 0 Å². The van der Waals surface area contributed by atoms with Gasteiger partial charge in [0.25, 0.3) is 0 Å². The van der Waals surface area contributed by atoms with E-state index >= 15 is 0 Å². The standard InChI is InChI=1S/C40H41N.C13H10S.C7H8/c1-24-14-17-29-32(20-24)40(8,9)33-23-36(27-12-10-11-13-28(27)37(29)33)41-34-18-15-25(38(2,3)4)21-30(34)31-22-26(39(5,6)7)16-19-35(31)41;1-9-5-4-8-12-13(9)10-6-2-3-7-11(10)14-12;1-7-5-3-2-4-6-7/h10-23H,1-9H3;2-8H,1H3;2-6H,1H3. The molecule has 2 aromatic heterocycles. The second kappa shape index (κ2) is 15.4. The predicted molar refractivity (Wildman–Crippen MR) is 273 cm³/mol. The number of fused-ring (bicyclic) bond motifs is 11. The van der Waals surface area contributed by atoms with Crippen LogP contribution in [-0.2, 0) is 16.2 Å². The Hall–Kier alpha value is -5.96. The molecule has 0 fully saturated rings. The molecule has 2 heterocycles. The molecule has 0 radical (unpaired) electrons. The fourth-order valence-corrected chi connectivity index (χ4v) is 10.7. The van der Waals surface area contributed by atoms with Crippen LogP contribution in [-0.4, -0.2) is 4.57 Å². The van der Waals surface area contributed by atoms with Gasteiger partial charge in [-0.15, -0.1) is 11.3 Å². The minimum atomic E-state index is -0.0764. The molecule has 0 atom stereocenters. The third kappa shape index (κ3) is 7.23. The number of aromatic nitrogens is 1. The number of benzene rings is 8. The quantitative estimate of drug-likeness (QED) is 0.155. The van der Waals surface area contributed by atoms with Gasteiger partial charge in [0.2, 0.25) is 0 Å². The van der Waals surface area contributed by atoms with Crippen molar-refractivity contribution in [3.63, 3.8) is 0 Å². The van der Waals surface area contributed by atoms with Gasteiger partial charge in [0.1, 0.15) is 0 Å². The van der Waals surface area contributed by atoms with Crippen molar-refractivity contribution in [3.05, 3.63) is 197 Å². The van der Waals surface area contributed by atoms with Gasteiger partial charge < -0.3 is 4.57 Å². The van der Waals surface area contributed by atoms with Gasteiger partial charge in [-0.1, -0.05) is 182 Å². The average molecular weight is 826 g/mol. The van der Waals surface area contributed by atoms with Crippen LogP contribution >= 0.6 is 11.3 Å². The molecule has 310 valence electrons. The van der Waals surface area contributed by atoms with Gasteiger partial charge in [-0.3, -0.25) is 0 Å². The normalized spacial score (nSPS) is 13.2. The molecule has 0 saturated carbocycles. The Morgan fingerprint density at radius 3 is 1.61 bits per heavy atom. The summed E-state index contributed by atoms with van der Waals surface area (Å²) in [5.41, 5.74) is 16.3. The highest BCUT2D eigenvalue weighted by molar-refractivity contribution is 7.25. The first kappa shape index (κ1) is 41.4. The number of aryl methyl sites for hydroxylation is 3. The highest BCUT2D eigenvalue weighted by Crippen LogP contribution is 2.53. The van der Waals surface area contributed by atoms with Gasteiger partial charge in [0, 0.05) is 41.7 Å². The first-order valence-corrected chi connectivity index (χ1v) is 23.0. The Bertz CT molecular complexity index is 3230. The molecule has 1 aliphatic carbocycles. The van der Waals surface area contributed by atoms with E-state index in [9.17, 15) is 0 Å². The lowest BCUT2D eigenvalue weighted by Crippen LogP contribution is -2.15. The molecule has 62 heavy (non-hydrogen) atoms. The van der Waals surface area contributed by atoms with E-state index in [-0.39, 0.29) is 16.2 Å². The summed E-state index contributed by atoms with van der Waals surface area (Å²) in [7, 11) is 0. The summed E-state index contributed by atoms with van der Waals surface area (Å²) >= 11 is 1.88. The molecule has 0 bridgehead atoms. The SMILES string of the molecule is Cc1ccc2c(c1)C(C)(C)c1cc(-n3c4ccc(C(C)(C)C)cc4c4cc(C(C)(C)C)ccc43)c3ccccc3c1-2.Cc1cccc2sc3ccccc3c12.Cc1ccccc1. The third-order valence-electron chi connectivity index (χ3n) is 13.1. The Kier molecular flexibility index (Phi) is 10.3. The summed E-state index contributed by atoms with van der Waals surface area (Å²) in [6, 6.07) is 58.2. The molecule has 0 N–H and O–H groups in total. The molecule has 8 aromatic carbocycles. The van der Waals surface area contributed by atoms with Crippen LogP contribution in [0.5, 0.6) is 0 Å². The van der Waals surface area contributed by atoms with Crippen LogP contribution < -0.4 is 0 Å². The van der Waals surface area contributed by atoms with E-state index in [0.717, 1.165) is 0 Å². The molecule has 1 aliphatic rings. The van der Waals surface area contributed by atoms with Crippen molar-refractivity contribution < 1.29 is 0 Å². The summed E-state index contributed by atoms with van der Waals surface area (Å²) < 4.78 is 5.32. The van der Waals surface area contributed by atoms with E-state index in [1.54, 1.807) is 0 Å². The Morgan fingerprint density at radius 2 is 1.02 bits per heavy atom. The zero-order valence-corrected chi connectivity index (χ0v) is 39.2. The molecule has 2 heteroatoms. The number of rotatable bonds is 1. The maximum absolute atomic E-state index is 2.54. The van der Waals surface area contributed by atoms with Gasteiger partial charge in [-0.05, 0) is 118 Å². The van der Waals surface area contributed by atoms with Crippen molar-refractivity contribution >= 4 is 64.1 Å². The van der Waals surface area contributed by atoms with Crippen LogP contribution in [0.4, 0.5) is 0 Å². The lowest BCUT2D eigenvalue weighted by atomic mass is 9.81.